The lowest BCUT2D eigenvalue weighted by atomic mass is 10.2. The summed E-state index contributed by atoms with van der Waals surface area (Å²) in [5.41, 5.74) is 6.12. The van der Waals surface area contributed by atoms with Crippen molar-refractivity contribution >= 4 is 11.4 Å². The van der Waals surface area contributed by atoms with E-state index >= 15 is 0 Å². The Morgan fingerprint density at radius 1 is 1.29 bits per heavy atom. The van der Waals surface area contributed by atoms with Gasteiger partial charge in [-0.05, 0) is 12.1 Å². The molecule has 0 aliphatic carbocycles. The number of H-pyrrole nitrogens is 1. The largest absolute Gasteiger partial charge is 0.399 e. The van der Waals surface area contributed by atoms with Crippen molar-refractivity contribution in [2.45, 2.75) is 6.42 Å². The number of nitrogens with two attached hydrogens (primary N) is 1. The summed E-state index contributed by atoms with van der Waals surface area (Å²) in [5, 5.41) is 2.69. The van der Waals surface area contributed by atoms with E-state index in [1.54, 1.807) is 12.5 Å². The molecule has 6 heteroatoms. The third-order valence-electron chi connectivity index (χ3n) is 2.32. The monoisotopic (exact) mass is 238 g/mol. The van der Waals surface area contributed by atoms with Crippen molar-refractivity contribution < 1.29 is 8.78 Å². The smallest absolute Gasteiger partial charge is 0.151 e. The minimum Gasteiger partial charge on any atom is -0.399 e. The van der Waals surface area contributed by atoms with E-state index in [2.05, 4.69) is 15.3 Å². The van der Waals surface area contributed by atoms with Crippen LogP contribution in [-0.4, -0.2) is 16.5 Å². The molecule has 4 nitrogen and oxygen atoms in total. The Kier molecular flexibility index (Phi) is 3.22. The minimum atomic E-state index is -0.688. The molecule has 0 aliphatic rings. The maximum atomic E-state index is 13.4. The van der Waals surface area contributed by atoms with Gasteiger partial charge < -0.3 is 16.0 Å². The molecular formula is C11H12F2N4. The summed E-state index contributed by atoms with van der Waals surface area (Å²) in [7, 11) is 0. The summed E-state index contributed by atoms with van der Waals surface area (Å²) in [5.74, 6) is -1.38. The minimum absolute atomic E-state index is 0.0686. The third-order valence-corrected chi connectivity index (χ3v) is 2.32. The molecule has 17 heavy (non-hydrogen) atoms. The number of benzene rings is 1. The van der Waals surface area contributed by atoms with Crippen LogP contribution >= 0.6 is 0 Å². The van der Waals surface area contributed by atoms with Crippen molar-refractivity contribution in [3.63, 3.8) is 0 Å². The number of hydrogen-bond donors (Lipinski definition) is 3. The van der Waals surface area contributed by atoms with Gasteiger partial charge in [0.1, 0.15) is 5.69 Å². The quantitative estimate of drug-likeness (QED) is 0.713. The van der Waals surface area contributed by atoms with Crippen molar-refractivity contribution in [1.29, 1.82) is 0 Å². The number of rotatable bonds is 4. The van der Waals surface area contributed by atoms with Crippen LogP contribution < -0.4 is 11.1 Å². The van der Waals surface area contributed by atoms with Crippen LogP contribution in [0.2, 0.25) is 0 Å². The van der Waals surface area contributed by atoms with Gasteiger partial charge >= 0.3 is 0 Å². The lowest BCUT2D eigenvalue weighted by Gasteiger charge is -2.08. The van der Waals surface area contributed by atoms with E-state index in [4.69, 9.17) is 5.73 Å². The Morgan fingerprint density at radius 3 is 2.59 bits per heavy atom. The zero-order valence-electron chi connectivity index (χ0n) is 9.00. The number of nitrogens with one attached hydrogen (secondary N) is 2. The van der Waals surface area contributed by atoms with Gasteiger partial charge in [-0.2, -0.15) is 0 Å². The third kappa shape index (κ3) is 2.72. The average molecular weight is 238 g/mol. The van der Waals surface area contributed by atoms with Crippen LogP contribution in [0, 0.1) is 11.6 Å². The van der Waals surface area contributed by atoms with Gasteiger partial charge in [0.25, 0.3) is 0 Å². The normalized spacial score (nSPS) is 10.5. The summed E-state index contributed by atoms with van der Waals surface area (Å²) >= 11 is 0. The number of hydrogen-bond acceptors (Lipinski definition) is 3. The molecule has 0 fully saturated rings. The van der Waals surface area contributed by atoms with E-state index in [9.17, 15) is 8.78 Å². The SMILES string of the molecule is Nc1cc(F)c(NCCc2cnc[nH]2)c(F)c1. The lowest BCUT2D eigenvalue weighted by Crippen LogP contribution is -2.08. The van der Waals surface area contributed by atoms with E-state index in [0.29, 0.717) is 13.0 Å². The Hall–Kier alpha value is -2.11. The molecule has 0 amide bonds. The maximum Gasteiger partial charge on any atom is 0.151 e. The first kappa shape index (κ1) is 11.4. The van der Waals surface area contributed by atoms with Gasteiger partial charge in [-0.1, -0.05) is 0 Å². The summed E-state index contributed by atoms with van der Waals surface area (Å²) in [4.78, 5) is 6.75. The number of aromatic nitrogens is 2. The van der Waals surface area contributed by atoms with E-state index in [-0.39, 0.29) is 11.4 Å². The topological polar surface area (TPSA) is 66.7 Å². The second kappa shape index (κ2) is 4.82. The standard InChI is InChI=1S/C11H12F2N4/c12-9-3-7(14)4-10(13)11(9)16-2-1-8-5-15-6-17-8/h3-6,16H,1-2,14H2,(H,15,17). The Morgan fingerprint density at radius 2 is 2.00 bits per heavy atom. The molecule has 0 unspecified atom stereocenters. The Labute approximate surface area is 96.9 Å². The first-order valence-corrected chi connectivity index (χ1v) is 5.12. The molecule has 4 N–H and O–H groups in total. The average Bonchev–Trinajstić information content (AvgIpc) is 2.74. The first-order chi connectivity index (χ1) is 8.16. The number of aromatic amines is 1. The zero-order chi connectivity index (χ0) is 12.3. The molecule has 1 aromatic heterocycles. The Balaban J connectivity index is 1.99. The zero-order valence-corrected chi connectivity index (χ0v) is 9.00. The highest BCUT2D eigenvalue weighted by Gasteiger charge is 2.09. The molecule has 1 heterocycles. The molecule has 0 aliphatic heterocycles. The summed E-state index contributed by atoms with van der Waals surface area (Å²) in [6, 6.07) is 2.17. The van der Waals surface area contributed by atoms with Crippen molar-refractivity contribution in [2.75, 3.05) is 17.6 Å². The molecule has 1 aromatic carbocycles. The van der Waals surface area contributed by atoms with Crippen LogP contribution in [0.1, 0.15) is 5.69 Å². The molecule has 0 spiro atoms. The van der Waals surface area contributed by atoms with Crippen LogP contribution in [0.15, 0.2) is 24.7 Å². The second-order valence-electron chi connectivity index (χ2n) is 3.61. The van der Waals surface area contributed by atoms with Crippen molar-refractivity contribution in [2.24, 2.45) is 0 Å². The molecule has 0 saturated carbocycles. The first-order valence-electron chi connectivity index (χ1n) is 5.12. The van der Waals surface area contributed by atoms with E-state index < -0.39 is 11.6 Å². The lowest BCUT2D eigenvalue weighted by molar-refractivity contribution is 0.589. The number of nitrogen functional groups attached to an aromatic ring is 1. The van der Waals surface area contributed by atoms with Gasteiger partial charge in [-0.25, -0.2) is 13.8 Å². The predicted octanol–water partition coefficient (Wildman–Crippen LogP) is 1.92. The van der Waals surface area contributed by atoms with Crippen LogP contribution in [-0.2, 0) is 6.42 Å². The maximum absolute atomic E-state index is 13.4. The molecule has 0 saturated heterocycles. The molecule has 0 bridgehead atoms. The number of halogens is 2. The van der Waals surface area contributed by atoms with Crippen LogP contribution in [0.3, 0.4) is 0 Å². The summed E-state index contributed by atoms with van der Waals surface area (Å²) in [6.07, 6.45) is 3.82. The highest BCUT2D eigenvalue weighted by Crippen LogP contribution is 2.21. The van der Waals surface area contributed by atoms with E-state index in [0.717, 1.165) is 17.8 Å². The molecule has 0 radical (unpaired) electrons. The van der Waals surface area contributed by atoms with Crippen molar-refractivity contribution in [3.8, 4) is 0 Å². The molecular weight excluding hydrogens is 226 g/mol. The van der Waals surface area contributed by atoms with Gasteiger partial charge in [0.05, 0.1) is 6.33 Å². The molecule has 0 atom stereocenters. The van der Waals surface area contributed by atoms with Gasteiger partial charge in [0.2, 0.25) is 0 Å². The van der Waals surface area contributed by atoms with Crippen molar-refractivity contribution in [3.05, 3.63) is 42.0 Å². The summed E-state index contributed by atoms with van der Waals surface area (Å²) < 4.78 is 26.7. The fourth-order valence-electron chi connectivity index (χ4n) is 1.51. The van der Waals surface area contributed by atoms with E-state index in [1.165, 1.54) is 0 Å². The number of anilines is 2. The number of nitrogens with zero attached hydrogens (tertiary/aromatic N) is 1. The van der Waals surface area contributed by atoms with Crippen LogP contribution in [0.5, 0.6) is 0 Å². The number of imidazole rings is 1. The highest BCUT2D eigenvalue weighted by atomic mass is 19.1. The van der Waals surface area contributed by atoms with Gasteiger partial charge in [0.15, 0.2) is 11.6 Å². The van der Waals surface area contributed by atoms with Crippen LogP contribution in [0.25, 0.3) is 0 Å². The van der Waals surface area contributed by atoms with Gasteiger partial charge in [0, 0.05) is 30.5 Å². The molecule has 2 rings (SSSR count). The fourth-order valence-corrected chi connectivity index (χ4v) is 1.51. The fraction of sp³-hybridized carbons (Fsp3) is 0.182. The van der Waals surface area contributed by atoms with Gasteiger partial charge in [-0.15, -0.1) is 0 Å². The van der Waals surface area contributed by atoms with Gasteiger partial charge in [-0.3, -0.25) is 0 Å². The van der Waals surface area contributed by atoms with Crippen LogP contribution in [0.4, 0.5) is 20.2 Å². The highest BCUT2D eigenvalue weighted by molar-refractivity contribution is 5.54. The van der Waals surface area contributed by atoms with Crippen molar-refractivity contribution in [1.82, 2.24) is 9.97 Å². The summed E-state index contributed by atoms with van der Waals surface area (Å²) in [6.45, 7) is 0.403. The predicted molar refractivity (Wildman–Crippen MR) is 61.6 cm³/mol. The molecule has 90 valence electrons. The molecule has 2 aromatic rings. The second-order valence-corrected chi connectivity index (χ2v) is 3.61. The van der Waals surface area contributed by atoms with E-state index in [1.807, 2.05) is 0 Å². The Bertz CT molecular complexity index is 473.